The van der Waals surface area contributed by atoms with Crippen LogP contribution in [0.4, 0.5) is 0 Å². The minimum Gasteiger partial charge on any atom is -0.545 e. The number of alkyl halides is 1. The van der Waals surface area contributed by atoms with Crippen molar-refractivity contribution < 1.29 is 14.6 Å². The lowest BCUT2D eigenvalue weighted by atomic mass is 10.2. The number of hydrogen-bond donors (Lipinski definition) is 0. The first-order chi connectivity index (χ1) is 5.18. The van der Waals surface area contributed by atoms with Crippen LogP contribution in [0.15, 0.2) is 12.2 Å². The molecule has 0 aliphatic carbocycles. The normalized spacial score (nSPS) is 9.55. The zero-order chi connectivity index (χ0) is 8.69. The fraction of sp³-hybridized carbons (Fsp3) is 0.571. The van der Waals surface area contributed by atoms with E-state index in [1.54, 1.807) is 0 Å². The van der Waals surface area contributed by atoms with E-state index in [1.165, 1.54) is 0 Å². The SMILES string of the molecule is C=C(CCOCCCl)C(=O)[O-]. The molecule has 0 aliphatic heterocycles. The summed E-state index contributed by atoms with van der Waals surface area (Å²) in [5.74, 6) is -0.808. The van der Waals surface area contributed by atoms with Crippen LogP contribution in [0.3, 0.4) is 0 Å². The summed E-state index contributed by atoms with van der Waals surface area (Å²) in [5.41, 5.74) is 0.0552. The third kappa shape index (κ3) is 5.88. The van der Waals surface area contributed by atoms with E-state index >= 15 is 0 Å². The van der Waals surface area contributed by atoms with Gasteiger partial charge in [0.15, 0.2) is 0 Å². The highest BCUT2D eigenvalue weighted by Gasteiger charge is 1.94. The lowest BCUT2D eigenvalue weighted by Crippen LogP contribution is -2.24. The number of ether oxygens (including phenoxy) is 1. The third-order valence-electron chi connectivity index (χ3n) is 1.06. The largest absolute Gasteiger partial charge is 0.545 e. The molecule has 0 unspecified atom stereocenters. The Hall–Kier alpha value is -0.540. The van der Waals surface area contributed by atoms with E-state index in [0.29, 0.717) is 25.5 Å². The molecule has 0 fully saturated rings. The van der Waals surface area contributed by atoms with Gasteiger partial charge in [0.05, 0.1) is 19.2 Å². The van der Waals surface area contributed by atoms with E-state index in [-0.39, 0.29) is 5.57 Å². The molecular formula is C7H10ClO3-. The number of carboxylic acid groups (broad SMARTS) is 1. The van der Waals surface area contributed by atoms with Crippen molar-refractivity contribution in [2.75, 3.05) is 19.1 Å². The molecule has 0 aromatic rings. The van der Waals surface area contributed by atoms with Crippen molar-refractivity contribution in [3.05, 3.63) is 12.2 Å². The van der Waals surface area contributed by atoms with Crippen LogP contribution in [0.1, 0.15) is 6.42 Å². The van der Waals surface area contributed by atoms with Crippen LogP contribution in [-0.4, -0.2) is 25.1 Å². The monoisotopic (exact) mass is 177 g/mol. The van der Waals surface area contributed by atoms with Crippen LogP contribution in [0.5, 0.6) is 0 Å². The smallest absolute Gasteiger partial charge is 0.0669 e. The number of carboxylic acids is 1. The van der Waals surface area contributed by atoms with E-state index in [2.05, 4.69) is 6.58 Å². The van der Waals surface area contributed by atoms with Crippen LogP contribution in [-0.2, 0) is 9.53 Å². The maximum atomic E-state index is 10.1. The van der Waals surface area contributed by atoms with Crippen molar-refractivity contribution in [1.82, 2.24) is 0 Å². The van der Waals surface area contributed by atoms with Gasteiger partial charge >= 0.3 is 0 Å². The van der Waals surface area contributed by atoms with E-state index in [0.717, 1.165) is 0 Å². The second kappa shape index (κ2) is 6.19. The first kappa shape index (κ1) is 10.5. The van der Waals surface area contributed by atoms with E-state index < -0.39 is 5.97 Å². The number of carbonyl (C=O) groups is 1. The summed E-state index contributed by atoms with van der Waals surface area (Å²) < 4.78 is 4.92. The minimum atomic E-state index is -1.22. The third-order valence-corrected chi connectivity index (χ3v) is 1.21. The Labute approximate surface area is 70.6 Å². The van der Waals surface area contributed by atoms with Gasteiger partial charge in [-0.15, -0.1) is 11.6 Å². The van der Waals surface area contributed by atoms with Crippen LogP contribution in [0.2, 0.25) is 0 Å². The molecule has 0 aliphatic rings. The summed E-state index contributed by atoms with van der Waals surface area (Å²) in [6, 6.07) is 0. The minimum absolute atomic E-state index is 0.0552. The van der Waals surface area contributed by atoms with Crippen LogP contribution < -0.4 is 5.11 Å². The van der Waals surface area contributed by atoms with E-state index in [9.17, 15) is 9.90 Å². The second-order valence-corrected chi connectivity index (χ2v) is 2.32. The number of aliphatic carboxylic acids is 1. The van der Waals surface area contributed by atoms with Crippen molar-refractivity contribution in [2.45, 2.75) is 6.42 Å². The van der Waals surface area contributed by atoms with E-state index in [1.807, 2.05) is 0 Å². The molecule has 0 aromatic heterocycles. The molecule has 0 amide bonds. The summed E-state index contributed by atoms with van der Waals surface area (Å²) in [6.07, 6.45) is 0.291. The molecule has 0 aromatic carbocycles. The van der Waals surface area contributed by atoms with Gasteiger partial charge < -0.3 is 14.6 Å². The van der Waals surface area contributed by atoms with Crippen molar-refractivity contribution in [3.8, 4) is 0 Å². The van der Waals surface area contributed by atoms with Gasteiger partial charge in [0.2, 0.25) is 0 Å². The number of hydrogen-bond acceptors (Lipinski definition) is 3. The molecule has 0 saturated heterocycles. The average Bonchev–Trinajstić information content (AvgIpc) is 1.97. The summed E-state index contributed by atoms with van der Waals surface area (Å²) in [7, 11) is 0. The molecular weight excluding hydrogens is 168 g/mol. The average molecular weight is 178 g/mol. The van der Waals surface area contributed by atoms with Crippen LogP contribution >= 0.6 is 11.6 Å². The summed E-state index contributed by atoms with van der Waals surface area (Å²) in [5, 5.41) is 10.1. The summed E-state index contributed by atoms with van der Waals surface area (Å²) in [6.45, 7) is 4.04. The van der Waals surface area contributed by atoms with Gasteiger partial charge in [0, 0.05) is 5.88 Å². The Morgan fingerprint density at radius 3 is 2.64 bits per heavy atom. The van der Waals surface area contributed by atoms with Gasteiger partial charge in [-0.3, -0.25) is 0 Å². The first-order valence-electron chi connectivity index (χ1n) is 3.21. The molecule has 0 rings (SSSR count). The maximum Gasteiger partial charge on any atom is 0.0669 e. The van der Waals surface area contributed by atoms with E-state index in [4.69, 9.17) is 16.3 Å². The highest BCUT2D eigenvalue weighted by atomic mass is 35.5. The zero-order valence-corrected chi connectivity index (χ0v) is 6.89. The molecule has 4 heteroatoms. The standard InChI is InChI=1S/C7H11ClO3/c1-6(7(9)10)2-4-11-5-3-8/h1-5H2,(H,9,10)/p-1. The second-order valence-electron chi connectivity index (χ2n) is 1.94. The molecule has 64 valence electrons. The molecule has 0 radical (unpaired) electrons. The van der Waals surface area contributed by atoms with Crippen LogP contribution in [0.25, 0.3) is 0 Å². The lowest BCUT2D eigenvalue weighted by Gasteiger charge is -2.05. The summed E-state index contributed by atoms with van der Waals surface area (Å²) in [4.78, 5) is 10.1. The number of halogens is 1. The van der Waals surface area contributed by atoms with Crippen molar-refractivity contribution in [3.63, 3.8) is 0 Å². The van der Waals surface area contributed by atoms with Gasteiger partial charge in [0.1, 0.15) is 0 Å². The molecule has 0 N–H and O–H groups in total. The highest BCUT2D eigenvalue weighted by molar-refractivity contribution is 6.17. The Kier molecular flexibility index (Phi) is 5.88. The van der Waals surface area contributed by atoms with Gasteiger partial charge in [-0.1, -0.05) is 6.58 Å². The topological polar surface area (TPSA) is 49.4 Å². The van der Waals surface area contributed by atoms with Crippen molar-refractivity contribution >= 4 is 17.6 Å². The molecule has 11 heavy (non-hydrogen) atoms. The molecule has 3 nitrogen and oxygen atoms in total. The number of rotatable bonds is 6. The van der Waals surface area contributed by atoms with Gasteiger partial charge in [-0.05, 0) is 12.0 Å². The van der Waals surface area contributed by atoms with Crippen LogP contribution in [0, 0.1) is 0 Å². The Morgan fingerprint density at radius 1 is 1.55 bits per heavy atom. The number of carbonyl (C=O) groups excluding carboxylic acids is 1. The highest BCUT2D eigenvalue weighted by Crippen LogP contribution is 1.95. The predicted octanol–water partition coefficient (Wildman–Crippen LogP) is -0.0620. The van der Waals surface area contributed by atoms with Gasteiger partial charge in [-0.2, -0.15) is 0 Å². The molecule has 0 heterocycles. The van der Waals surface area contributed by atoms with Gasteiger partial charge in [-0.25, -0.2) is 0 Å². The van der Waals surface area contributed by atoms with Gasteiger partial charge in [0.25, 0.3) is 0 Å². The molecule has 0 saturated carbocycles. The Balaban J connectivity index is 3.25. The molecule has 0 bridgehead atoms. The quantitative estimate of drug-likeness (QED) is 0.325. The first-order valence-corrected chi connectivity index (χ1v) is 3.74. The predicted molar refractivity (Wildman–Crippen MR) is 40.3 cm³/mol. The maximum absolute atomic E-state index is 10.1. The fourth-order valence-corrected chi connectivity index (χ4v) is 0.563. The van der Waals surface area contributed by atoms with Crippen molar-refractivity contribution in [1.29, 1.82) is 0 Å². The Bertz CT molecular complexity index is 145. The Morgan fingerprint density at radius 2 is 2.18 bits per heavy atom. The fourth-order valence-electron chi connectivity index (χ4n) is 0.454. The molecule has 0 spiro atoms. The zero-order valence-electron chi connectivity index (χ0n) is 6.14. The lowest BCUT2D eigenvalue weighted by molar-refractivity contribution is -0.299. The molecule has 0 atom stereocenters. The van der Waals surface area contributed by atoms with Crippen molar-refractivity contribution in [2.24, 2.45) is 0 Å². The summed E-state index contributed by atoms with van der Waals surface area (Å²) >= 11 is 5.30.